The minimum Gasteiger partial charge on any atom is -0.326 e. The summed E-state index contributed by atoms with van der Waals surface area (Å²) in [6.45, 7) is 7.24. The average Bonchev–Trinajstić information content (AvgIpc) is 3.48. The van der Waals surface area contributed by atoms with Crippen LogP contribution < -0.4 is 10.2 Å². The van der Waals surface area contributed by atoms with Gasteiger partial charge in [-0.05, 0) is 54.0 Å². The van der Waals surface area contributed by atoms with E-state index in [-0.39, 0.29) is 29.1 Å². The first-order valence-corrected chi connectivity index (χ1v) is 10.2. The summed E-state index contributed by atoms with van der Waals surface area (Å²) in [5.41, 5.74) is 4.35. The maximum absolute atomic E-state index is 13.0. The first kappa shape index (κ1) is 18.7. The molecule has 1 fully saturated rings. The molecule has 1 saturated carbocycles. The van der Waals surface area contributed by atoms with E-state index in [1.807, 2.05) is 35.2 Å². The van der Waals surface area contributed by atoms with Gasteiger partial charge in [-0.25, -0.2) is 0 Å². The Morgan fingerprint density at radius 3 is 2.43 bits per heavy atom. The van der Waals surface area contributed by atoms with Crippen LogP contribution in [0.1, 0.15) is 44.7 Å². The number of rotatable bonds is 3. The van der Waals surface area contributed by atoms with Gasteiger partial charge in [0.15, 0.2) is 0 Å². The fourth-order valence-electron chi connectivity index (χ4n) is 4.01. The Labute approximate surface area is 166 Å². The number of nitrogens with zero attached hydrogens (tertiary/aromatic N) is 1. The van der Waals surface area contributed by atoms with Crippen LogP contribution in [0.25, 0.3) is 0 Å². The van der Waals surface area contributed by atoms with Crippen LogP contribution in [0.4, 0.5) is 11.4 Å². The van der Waals surface area contributed by atoms with Crippen LogP contribution >= 0.6 is 0 Å². The van der Waals surface area contributed by atoms with Gasteiger partial charge in [-0.15, -0.1) is 0 Å². The largest absolute Gasteiger partial charge is 0.326 e. The van der Waals surface area contributed by atoms with Crippen molar-refractivity contribution in [2.24, 2.45) is 11.8 Å². The second-order valence-corrected chi connectivity index (χ2v) is 8.99. The molecule has 0 spiro atoms. The summed E-state index contributed by atoms with van der Waals surface area (Å²) >= 11 is 0. The number of anilines is 2. The number of amides is 2. The van der Waals surface area contributed by atoms with Crippen LogP contribution in [0, 0.1) is 11.8 Å². The van der Waals surface area contributed by atoms with Gasteiger partial charge in [0.1, 0.15) is 0 Å². The smallest absolute Gasteiger partial charge is 0.230 e. The molecule has 0 aromatic heterocycles. The molecule has 4 nitrogen and oxygen atoms in total. The first-order chi connectivity index (χ1) is 13.3. The highest BCUT2D eigenvalue weighted by atomic mass is 16.2. The van der Waals surface area contributed by atoms with E-state index in [1.54, 1.807) is 0 Å². The molecule has 1 aliphatic heterocycles. The number of benzene rings is 2. The maximum atomic E-state index is 13.0. The van der Waals surface area contributed by atoms with Gasteiger partial charge in [-0.2, -0.15) is 0 Å². The topological polar surface area (TPSA) is 49.4 Å². The first-order valence-electron chi connectivity index (χ1n) is 10.2. The van der Waals surface area contributed by atoms with E-state index < -0.39 is 0 Å². The number of fused-ring (bicyclic) bond motifs is 1. The van der Waals surface area contributed by atoms with Gasteiger partial charge in [-0.1, -0.05) is 51.1 Å². The van der Waals surface area contributed by atoms with Crippen LogP contribution in [0.3, 0.4) is 0 Å². The molecule has 0 saturated heterocycles. The van der Waals surface area contributed by atoms with Crippen LogP contribution in [0.2, 0.25) is 0 Å². The minimum atomic E-state index is -0.219. The Morgan fingerprint density at radius 1 is 1.00 bits per heavy atom. The zero-order valence-corrected chi connectivity index (χ0v) is 16.9. The highest BCUT2D eigenvalue weighted by Gasteiger charge is 2.50. The summed E-state index contributed by atoms with van der Waals surface area (Å²) in [5, 5.41) is 2.98. The van der Waals surface area contributed by atoms with Crippen molar-refractivity contribution in [1.29, 1.82) is 0 Å². The highest BCUT2D eigenvalue weighted by Crippen LogP contribution is 2.42. The lowest BCUT2D eigenvalue weighted by Gasteiger charge is -2.29. The van der Waals surface area contributed by atoms with Crippen LogP contribution in [0.15, 0.2) is 48.5 Å². The van der Waals surface area contributed by atoms with Gasteiger partial charge in [0.05, 0.1) is 11.8 Å². The van der Waals surface area contributed by atoms with Crippen molar-refractivity contribution in [3.8, 4) is 0 Å². The Morgan fingerprint density at radius 2 is 1.71 bits per heavy atom. The predicted molar refractivity (Wildman–Crippen MR) is 112 cm³/mol. The monoisotopic (exact) mass is 376 g/mol. The Balaban J connectivity index is 1.39. The summed E-state index contributed by atoms with van der Waals surface area (Å²) in [4.78, 5) is 27.5. The SMILES string of the molecule is CC(C)(C)c1ccc(NC(=O)C2CC2C(=O)N2CCCc3ccccc32)cc1. The summed E-state index contributed by atoms with van der Waals surface area (Å²) in [7, 11) is 0. The molecule has 1 N–H and O–H groups in total. The van der Waals surface area contributed by atoms with Gasteiger partial charge < -0.3 is 10.2 Å². The molecule has 2 atom stereocenters. The quantitative estimate of drug-likeness (QED) is 0.855. The van der Waals surface area contributed by atoms with Crippen LogP contribution in [0.5, 0.6) is 0 Å². The Kier molecular flexibility index (Phi) is 4.74. The molecular weight excluding hydrogens is 348 g/mol. The highest BCUT2D eigenvalue weighted by molar-refractivity contribution is 6.04. The van der Waals surface area contributed by atoms with Gasteiger partial charge in [0, 0.05) is 17.9 Å². The van der Waals surface area contributed by atoms with Crippen molar-refractivity contribution in [1.82, 2.24) is 0 Å². The maximum Gasteiger partial charge on any atom is 0.230 e. The molecule has 2 unspecified atom stereocenters. The fraction of sp³-hybridized carbons (Fsp3) is 0.417. The van der Waals surface area contributed by atoms with Gasteiger partial charge >= 0.3 is 0 Å². The molecule has 4 heteroatoms. The second-order valence-electron chi connectivity index (χ2n) is 8.99. The fourth-order valence-corrected chi connectivity index (χ4v) is 4.01. The van der Waals surface area contributed by atoms with Crippen molar-refractivity contribution in [3.63, 3.8) is 0 Å². The van der Waals surface area contributed by atoms with Crippen molar-refractivity contribution in [3.05, 3.63) is 59.7 Å². The average molecular weight is 377 g/mol. The molecule has 4 rings (SSSR count). The molecule has 2 aromatic carbocycles. The van der Waals surface area contributed by atoms with Crippen molar-refractivity contribution in [2.45, 2.75) is 45.4 Å². The van der Waals surface area contributed by atoms with E-state index in [0.717, 1.165) is 30.8 Å². The lowest BCUT2D eigenvalue weighted by molar-refractivity contribution is -0.123. The third kappa shape index (κ3) is 3.68. The van der Waals surface area contributed by atoms with Gasteiger partial charge in [0.25, 0.3) is 0 Å². The van der Waals surface area contributed by atoms with E-state index in [9.17, 15) is 9.59 Å². The van der Waals surface area contributed by atoms with Crippen LogP contribution in [-0.2, 0) is 21.4 Å². The molecule has 146 valence electrons. The van der Waals surface area contributed by atoms with E-state index in [2.05, 4.69) is 44.3 Å². The lowest BCUT2D eigenvalue weighted by Crippen LogP contribution is -2.37. The summed E-state index contributed by atoms with van der Waals surface area (Å²) < 4.78 is 0. The minimum absolute atomic E-state index is 0.0489. The Bertz CT molecular complexity index is 896. The third-order valence-electron chi connectivity index (χ3n) is 5.84. The molecule has 2 aliphatic rings. The standard InChI is InChI=1S/C24H28N2O2/c1-24(2,3)17-10-12-18(13-11-17)25-22(27)19-15-20(19)23(28)26-14-6-8-16-7-4-5-9-21(16)26/h4-5,7,9-13,19-20H,6,8,14-15H2,1-3H3,(H,25,27). The molecule has 28 heavy (non-hydrogen) atoms. The van der Waals surface area contributed by atoms with Gasteiger partial charge in [0.2, 0.25) is 11.8 Å². The predicted octanol–water partition coefficient (Wildman–Crippen LogP) is 4.54. The molecule has 0 bridgehead atoms. The van der Waals surface area contributed by atoms with Crippen molar-refractivity contribution in [2.75, 3.05) is 16.8 Å². The van der Waals surface area contributed by atoms with Crippen molar-refractivity contribution < 1.29 is 9.59 Å². The van der Waals surface area contributed by atoms with E-state index >= 15 is 0 Å². The number of carbonyl (C=O) groups is 2. The molecule has 2 amide bonds. The number of hydrogen-bond donors (Lipinski definition) is 1. The molecule has 0 radical (unpaired) electrons. The van der Waals surface area contributed by atoms with Crippen molar-refractivity contribution >= 4 is 23.2 Å². The van der Waals surface area contributed by atoms with E-state index in [4.69, 9.17) is 0 Å². The summed E-state index contributed by atoms with van der Waals surface area (Å²) in [5.74, 6) is -0.369. The number of aryl methyl sites for hydroxylation is 1. The second kappa shape index (κ2) is 7.08. The zero-order valence-electron chi connectivity index (χ0n) is 16.9. The molecule has 1 aliphatic carbocycles. The number of hydrogen-bond acceptors (Lipinski definition) is 2. The normalized spacial score (nSPS) is 21.0. The summed E-state index contributed by atoms with van der Waals surface area (Å²) in [6.07, 6.45) is 2.63. The summed E-state index contributed by atoms with van der Waals surface area (Å²) in [6, 6.07) is 16.1. The number of para-hydroxylation sites is 1. The number of carbonyl (C=O) groups excluding carboxylic acids is 2. The van der Waals surface area contributed by atoms with E-state index in [0.29, 0.717) is 6.42 Å². The van der Waals surface area contributed by atoms with Gasteiger partial charge in [-0.3, -0.25) is 9.59 Å². The Hall–Kier alpha value is -2.62. The lowest BCUT2D eigenvalue weighted by atomic mass is 9.87. The number of nitrogens with one attached hydrogen (secondary N) is 1. The molecule has 2 aromatic rings. The zero-order chi connectivity index (χ0) is 19.9. The molecular formula is C24H28N2O2. The molecule has 1 heterocycles. The third-order valence-corrected chi connectivity index (χ3v) is 5.84. The van der Waals surface area contributed by atoms with Crippen LogP contribution in [-0.4, -0.2) is 18.4 Å². The van der Waals surface area contributed by atoms with E-state index in [1.165, 1.54) is 11.1 Å².